The minimum absolute atomic E-state index is 0.629. The molecule has 0 aliphatic heterocycles. The topological polar surface area (TPSA) is 53.7 Å². The number of allylic oxidation sites excluding steroid dienone is 3. The second kappa shape index (κ2) is 17.7. The highest BCUT2D eigenvalue weighted by molar-refractivity contribution is 6.04. The molecular formula is C45H47NO3. The summed E-state index contributed by atoms with van der Waals surface area (Å²) in [7, 11) is 3.40. The number of hydrogen-bond donors (Lipinski definition) is 1. The van der Waals surface area contributed by atoms with Gasteiger partial charge < -0.3 is 19.9 Å². The summed E-state index contributed by atoms with van der Waals surface area (Å²) in [5.41, 5.74) is 17.4. The third-order valence-corrected chi connectivity index (χ3v) is 8.73. The van der Waals surface area contributed by atoms with Crippen LogP contribution in [-0.2, 0) is 0 Å². The van der Waals surface area contributed by atoms with Crippen molar-refractivity contribution in [2.75, 3.05) is 27.4 Å². The Balaban J connectivity index is 1.59. The van der Waals surface area contributed by atoms with E-state index < -0.39 is 0 Å². The normalized spacial score (nSPS) is 10.9. The monoisotopic (exact) mass is 649 g/mol. The number of nitrogens with two attached hydrogens (primary N) is 1. The predicted octanol–water partition coefficient (Wildman–Crippen LogP) is 10.7. The number of benzene rings is 5. The summed E-state index contributed by atoms with van der Waals surface area (Å²) in [6.45, 7) is 5.74. The van der Waals surface area contributed by atoms with Crippen LogP contribution in [0.2, 0.25) is 0 Å². The number of ether oxygens (including phenoxy) is 3. The molecule has 250 valence electrons. The van der Waals surface area contributed by atoms with Gasteiger partial charge in [0.05, 0.1) is 20.8 Å². The smallest absolute Gasteiger partial charge is 0.119 e. The van der Waals surface area contributed by atoms with E-state index in [0.717, 1.165) is 75.5 Å². The predicted molar refractivity (Wildman–Crippen MR) is 206 cm³/mol. The standard InChI is InChI=1S/C45H47NO3/c1-5-34(6-2)43(30-15-33-13-24-42(25-14-33)49-32-10-31-46)35-16-18-37(19-17-35)44(36-11-8-7-9-12-36)45(38-20-26-40(47-3)27-21-38)39-22-28-41(48-4)29-23-39/h7-9,11-30H,5-6,10,31-32,46H2,1-4H3/b30-15+. The van der Waals surface area contributed by atoms with Crippen LogP contribution in [0.5, 0.6) is 17.2 Å². The van der Waals surface area contributed by atoms with Gasteiger partial charge in [-0.1, -0.05) is 123 Å². The van der Waals surface area contributed by atoms with Crippen LogP contribution in [0.1, 0.15) is 66.5 Å². The lowest BCUT2D eigenvalue weighted by molar-refractivity contribution is 0.313. The fourth-order valence-corrected chi connectivity index (χ4v) is 6.02. The Labute approximate surface area is 292 Å². The fourth-order valence-electron chi connectivity index (χ4n) is 6.02. The molecule has 0 bridgehead atoms. The maximum Gasteiger partial charge on any atom is 0.119 e. The lowest BCUT2D eigenvalue weighted by atomic mass is 9.85. The van der Waals surface area contributed by atoms with E-state index in [4.69, 9.17) is 19.9 Å². The fraction of sp³-hybridized carbons (Fsp3) is 0.200. The van der Waals surface area contributed by atoms with E-state index >= 15 is 0 Å². The van der Waals surface area contributed by atoms with Crippen LogP contribution >= 0.6 is 0 Å². The zero-order chi connectivity index (χ0) is 34.4. The van der Waals surface area contributed by atoms with E-state index in [1.807, 2.05) is 36.4 Å². The lowest BCUT2D eigenvalue weighted by Crippen LogP contribution is -2.05. The zero-order valence-corrected chi connectivity index (χ0v) is 29.1. The van der Waals surface area contributed by atoms with Gasteiger partial charge in [0, 0.05) is 0 Å². The molecule has 49 heavy (non-hydrogen) atoms. The van der Waals surface area contributed by atoms with Crippen molar-refractivity contribution in [3.63, 3.8) is 0 Å². The van der Waals surface area contributed by atoms with Crippen LogP contribution in [0.3, 0.4) is 0 Å². The molecule has 0 fully saturated rings. The van der Waals surface area contributed by atoms with Crippen molar-refractivity contribution >= 4 is 22.8 Å². The van der Waals surface area contributed by atoms with Crippen LogP contribution in [-0.4, -0.2) is 27.4 Å². The molecule has 0 atom stereocenters. The molecule has 0 radical (unpaired) electrons. The minimum Gasteiger partial charge on any atom is -0.497 e. The van der Waals surface area contributed by atoms with Crippen molar-refractivity contribution < 1.29 is 14.2 Å². The Morgan fingerprint density at radius 1 is 0.551 bits per heavy atom. The Morgan fingerprint density at radius 2 is 1.00 bits per heavy atom. The molecule has 2 N–H and O–H groups in total. The summed E-state index contributed by atoms with van der Waals surface area (Å²) < 4.78 is 16.8. The van der Waals surface area contributed by atoms with Crippen molar-refractivity contribution in [1.29, 1.82) is 0 Å². The van der Waals surface area contributed by atoms with Crippen LogP contribution in [0.4, 0.5) is 0 Å². The largest absolute Gasteiger partial charge is 0.497 e. The van der Waals surface area contributed by atoms with E-state index in [1.165, 1.54) is 16.7 Å². The van der Waals surface area contributed by atoms with E-state index in [-0.39, 0.29) is 0 Å². The van der Waals surface area contributed by atoms with Gasteiger partial charge in [-0.25, -0.2) is 0 Å². The molecule has 0 saturated carbocycles. The highest BCUT2D eigenvalue weighted by Gasteiger charge is 2.17. The van der Waals surface area contributed by atoms with Gasteiger partial charge in [0.2, 0.25) is 0 Å². The van der Waals surface area contributed by atoms with Gasteiger partial charge in [0.25, 0.3) is 0 Å². The molecule has 0 aliphatic carbocycles. The van der Waals surface area contributed by atoms with Gasteiger partial charge in [-0.05, 0) is 112 Å². The molecule has 0 aliphatic rings. The van der Waals surface area contributed by atoms with E-state index in [2.05, 4.69) is 117 Å². The molecular weight excluding hydrogens is 602 g/mol. The van der Waals surface area contributed by atoms with E-state index in [0.29, 0.717) is 13.2 Å². The number of rotatable bonds is 15. The SMILES string of the molecule is CCC(CC)=C(/C=C/c1ccc(OCCCN)cc1)c1ccc(C(=C(c2ccc(OC)cc2)c2ccc(OC)cc2)c2ccccc2)cc1. The first-order valence-corrected chi connectivity index (χ1v) is 17.1. The molecule has 0 unspecified atom stereocenters. The molecule has 0 aromatic heterocycles. The van der Waals surface area contributed by atoms with Crippen LogP contribution in [0.15, 0.2) is 139 Å². The van der Waals surface area contributed by atoms with Crippen LogP contribution in [0.25, 0.3) is 22.8 Å². The van der Waals surface area contributed by atoms with E-state index in [9.17, 15) is 0 Å². The first-order valence-electron chi connectivity index (χ1n) is 17.1. The van der Waals surface area contributed by atoms with Crippen molar-refractivity contribution in [2.45, 2.75) is 33.1 Å². The van der Waals surface area contributed by atoms with Gasteiger partial charge in [0.15, 0.2) is 0 Å². The van der Waals surface area contributed by atoms with Crippen molar-refractivity contribution in [3.05, 3.63) is 172 Å². The van der Waals surface area contributed by atoms with Crippen molar-refractivity contribution in [1.82, 2.24) is 0 Å². The molecule has 5 aromatic carbocycles. The average Bonchev–Trinajstić information content (AvgIpc) is 3.17. The third-order valence-electron chi connectivity index (χ3n) is 8.73. The van der Waals surface area contributed by atoms with Gasteiger partial charge >= 0.3 is 0 Å². The second-order valence-corrected chi connectivity index (χ2v) is 11.8. The number of methoxy groups -OCH3 is 2. The van der Waals surface area contributed by atoms with Crippen LogP contribution in [0, 0.1) is 0 Å². The second-order valence-electron chi connectivity index (χ2n) is 11.8. The quantitative estimate of drug-likeness (QED) is 0.0697. The molecule has 0 heterocycles. The average molecular weight is 650 g/mol. The van der Waals surface area contributed by atoms with Gasteiger partial charge in [0.1, 0.15) is 17.2 Å². The maximum absolute atomic E-state index is 5.80. The summed E-state index contributed by atoms with van der Waals surface area (Å²) in [5.74, 6) is 2.51. The van der Waals surface area contributed by atoms with Gasteiger partial charge in [-0.15, -0.1) is 0 Å². The molecule has 4 nitrogen and oxygen atoms in total. The Kier molecular flexibility index (Phi) is 12.7. The summed E-state index contributed by atoms with van der Waals surface area (Å²) >= 11 is 0. The summed E-state index contributed by atoms with van der Waals surface area (Å²) in [5, 5.41) is 0. The lowest BCUT2D eigenvalue weighted by Gasteiger charge is -2.19. The van der Waals surface area contributed by atoms with E-state index in [1.54, 1.807) is 14.2 Å². The van der Waals surface area contributed by atoms with Crippen molar-refractivity contribution in [3.8, 4) is 17.2 Å². The molecule has 0 spiro atoms. The molecule has 5 rings (SSSR count). The third kappa shape index (κ3) is 8.98. The zero-order valence-electron chi connectivity index (χ0n) is 29.1. The van der Waals surface area contributed by atoms with Crippen molar-refractivity contribution in [2.24, 2.45) is 5.73 Å². The maximum atomic E-state index is 5.80. The Bertz CT molecular complexity index is 1790. The molecule has 0 amide bonds. The summed E-state index contributed by atoms with van der Waals surface area (Å²) in [6, 6.07) is 44.5. The highest BCUT2D eigenvalue weighted by Crippen LogP contribution is 2.38. The number of hydrogen-bond acceptors (Lipinski definition) is 4. The first-order chi connectivity index (χ1) is 24.1. The summed E-state index contributed by atoms with van der Waals surface area (Å²) in [6.07, 6.45) is 7.27. The molecule has 4 heteroatoms. The Morgan fingerprint density at radius 3 is 1.47 bits per heavy atom. The molecule has 5 aromatic rings. The first kappa shape index (κ1) is 35.0. The van der Waals surface area contributed by atoms with Crippen LogP contribution < -0.4 is 19.9 Å². The Hall–Kier alpha value is -5.32. The van der Waals surface area contributed by atoms with Gasteiger partial charge in [-0.3, -0.25) is 0 Å². The molecule has 0 saturated heterocycles. The summed E-state index contributed by atoms with van der Waals surface area (Å²) in [4.78, 5) is 0. The highest BCUT2D eigenvalue weighted by atomic mass is 16.5. The van der Waals surface area contributed by atoms with Gasteiger partial charge in [-0.2, -0.15) is 0 Å². The minimum atomic E-state index is 0.629.